The van der Waals surface area contributed by atoms with Crippen molar-refractivity contribution in [1.82, 2.24) is 4.98 Å². The largest absolute Gasteiger partial charge is 0.497 e. The van der Waals surface area contributed by atoms with Crippen molar-refractivity contribution in [1.29, 1.82) is 0 Å². The average Bonchev–Trinajstić information content (AvgIpc) is 3.06. The Bertz CT molecular complexity index is 988. The van der Waals surface area contributed by atoms with Crippen LogP contribution in [0, 0.1) is 0 Å². The Morgan fingerprint density at radius 3 is 2.58 bits per heavy atom. The highest BCUT2D eigenvalue weighted by molar-refractivity contribution is 7.92. The predicted octanol–water partition coefficient (Wildman–Crippen LogP) is 4.22. The third-order valence-corrected chi connectivity index (χ3v) is 5.97. The van der Waals surface area contributed by atoms with Gasteiger partial charge in [-0.1, -0.05) is 17.7 Å². The number of hydrogen-bond donors (Lipinski definition) is 2. The molecule has 0 unspecified atom stereocenters. The van der Waals surface area contributed by atoms with Crippen LogP contribution < -0.4 is 14.8 Å². The molecule has 0 atom stereocenters. The normalized spacial score (nSPS) is 11.2. The van der Waals surface area contributed by atoms with E-state index in [-0.39, 0.29) is 4.90 Å². The van der Waals surface area contributed by atoms with Gasteiger partial charge in [0.1, 0.15) is 5.75 Å². The lowest BCUT2D eigenvalue weighted by Crippen LogP contribution is -2.13. The number of aromatic nitrogens is 1. The minimum Gasteiger partial charge on any atom is -0.497 e. The van der Waals surface area contributed by atoms with Gasteiger partial charge in [0.2, 0.25) is 0 Å². The molecule has 0 spiro atoms. The predicted molar refractivity (Wildman–Crippen MR) is 105 cm³/mol. The number of sulfonamides is 1. The van der Waals surface area contributed by atoms with Crippen LogP contribution in [0.3, 0.4) is 0 Å². The fourth-order valence-electron chi connectivity index (χ4n) is 2.20. The lowest BCUT2D eigenvalue weighted by atomic mass is 10.3. The number of rotatable bonds is 7. The van der Waals surface area contributed by atoms with Crippen molar-refractivity contribution in [3.05, 3.63) is 64.1 Å². The molecule has 0 aliphatic rings. The first-order chi connectivity index (χ1) is 12.5. The molecule has 2 aromatic carbocycles. The van der Waals surface area contributed by atoms with Gasteiger partial charge < -0.3 is 10.1 Å². The molecule has 0 saturated heterocycles. The first kappa shape index (κ1) is 18.5. The lowest BCUT2D eigenvalue weighted by Gasteiger charge is -2.11. The van der Waals surface area contributed by atoms with Gasteiger partial charge in [-0.2, -0.15) is 0 Å². The van der Waals surface area contributed by atoms with Gasteiger partial charge in [0.05, 0.1) is 18.6 Å². The summed E-state index contributed by atoms with van der Waals surface area (Å²) in [6, 6.07) is 13.3. The maximum absolute atomic E-state index is 12.6. The number of ether oxygens (including phenoxy) is 1. The zero-order valence-electron chi connectivity index (χ0n) is 13.8. The number of thiazole rings is 1. The van der Waals surface area contributed by atoms with Crippen molar-refractivity contribution >= 4 is 44.3 Å². The van der Waals surface area contributed by atoms with Crippen molar-refractivity contribution in [2.24, 2.45) is 0 Å². The number of methoxy groups -OCH3 is 1. The van der Waals surface area contributed by atoms with Crippen LogP contribution in [0.25, 0.3) is 0 Å². The van der Waals surface area contributed by atoms with Crippen LogP contribution in [0.2, 0.25) is 4.47 Å². The summed E-state index contributed by atoms with van der Waals surface area (Å²) in [6.07, 6.45) is 1.69. The molecule has 3 rings (SSSR count). The van der Waals surface area contributed by atoms with E-state index in [4.69, 9.17) is 16.3 Å². The van der Waals surface area contributed by atoms with Crippen molar-refractivity contribution in [2.75, 3.05) is 17.1 Å². The van der Waals surface area contributed by atoms with Gasteiger partial charge in [0.25, 0.3) is 10.0 Å². The number of benzene rings is 2. The Labute approximate surface area is 160 Å². The summed E-state index contributed by atoms with van der Waals surface area (Å²) >= 11 is 7.18. The minimum absolute atomic E-state index is 0.167. The number of halogens is 1. The van der Waals surface area contributed by atoms with Crippen LogP contribution in [0.15, 0.2) is 59.6 Å². The van der Waals surface area contributed by atoms with Gasteiger partial charge in [0, 0.05) is 22.4 Å². The first-order valence-corrected chi connectivity index (χ1v) is 10.2. The fourth-order valence-corrected chi connectivity index (χ4v) is 4.22. The Balaban J connectivity index is 1.72. The summed E-state index contributed by atoms with van der Waals surface area (Å²) in [5.41, 5.74) is 1.15. The third-order valence-electron chi connectivity index (χ3n) is 3.48. The molecule has 1 heterocycles. The highest BCUT2D eigenvalue weighted by Gasteiger charge is 2.15. The molecule has 9 heteroatoms. The SMILES string of the molecule is COc1ccc(NS(=O)(=O)c2cccc(NCc3cnc(Cl)s3)c2)cc1. The second-order valence-electron chi connectivity index (χ2n) is 5.29. The van der Waals surface area contributed by atoms with E-state index in [2.05, 4.69) is 15.0 Å². The van der Waals surface area contributed by atoms with Crippen molar-refractivity contribution in [2.45, 2.75) is 11.4 Å². The van der Waals surface area contributed by atoms with Crippen molar-refractivity contribution in [3.63, 3.8) is 0 Å². The summed E-state index contributed by atoms with van der Waals surface area (Å²) in [5.74, 6) is 0.655. The molecular formula is C17H16ClN3O3S2. The van der Waals surface area contributed by atoms with E-state index in [0.29, 0.717) is 28.1 Å². The van der Waals surface area contributed by atoms with Gasteiger partial charge in [-0.3, -0.25) is 4.72 Å². The minimum atomic E-state index is -3.70. The highest BCUT2D eigenvalue weighted by Crippen LogP contribution is 2.23. The third kappa shape index (κ3) is 4.66. The molecule has 6 nitrogen and oxygen atoms in total. The highest BCUT2D eigenvalue weighted by atomic mass is 35.5. The molecule has 0 aliphatic carbocycles. The van der Waals surface area contributed by atoms with Gasteiger partial charge >= 0.3 is 0 Å². The molecule has 0 aliphatic heterocycles. The van der Waals surface area contributed by atoms with Crippen molar-refractivity contribution in [3.8, 4) is 5.75 Å². The molecule has 0 radical (unpaired) electrons. The van der Waals surface area contributed by atoms with E-state index in [9.17, 15) is 8.42 Å². The monoisotopic (exact) mass is 409 g/mol. The van der Waals surface area contributed by atoms with Gasteiger partial charge in [-0.25, -0.2) is 13.4 Å². The molecule has 26 heavy (non-hydrogen) atoms. The molecule has 1 aromatic heterocycles. The summed E-state index contributed by atoms with van der Waals surface area (Å²) in [6.45, 7) is 0.514. The topological polar surface area (TPSA) is 80.3 Å². The number of nitrogens with zero attached hydrogens (tertiary/aromatic N) is 1. The Hall–Kier alpha value is -2.29. The van der Waals surface area contributed by atoms with Crippen molar-refractivity contribution < 1.29 is 13.2 Å². The van der Waals surface area contributed by atoms with Gasteiger partial charge in [-0.05, 0) is 42.5 Å². The van der Waals surface area contributed by atoms with E-state index in [1.165, 1.54) is 11.3 Å². The van der Waals surface area contributed by atoms with Crippen LogP contribution in [0.4, 0.5) is 11.4 Å². The standard InChI is InChI=1S/C17H16ClN3O3S2/c1-24-14-7-5-12(6-8-14)21-26(22,23)16-4-2-3-13(9-16)19-10-15-11-20-17(18)25-15/h2-9,11,19,21H,10H2,1H3. The smallest absolute Gasteiger partial charge is 0.261 e. The molecule has 0 bridgehead atoms. The van der Waals surface area contributed by atoms with E-state index in [1.807, 2.05) is 0 Å². The van der Waals surface area contributed by atoms with Crippen LogP contribution in [0.1, 0.15) is 4.88 Å². The van der Waals surface area contributed by atoms with Gasteiger partial charge in [-0.15, -0.1) is 11.3 Å². The molecule has 2 N–H and O–H groups in total. The Kier molecular flexibility index (Phi) is 5.65. The molecule has 0 fully saturated rings. The Morgan fingerprint density at radius 1 is 1.15 bits per heavy atom. The molecule has 0 amide bonds. The van der Waals surface area contributed by atoms with Crippen LogP contribution >= 0.6 is 22.9 Å². The summed E-state index contributed by atoms with van der Waals surface area (Å²) in [5, 5.41) is 3.17. The zero-order valence-corrected chi connectivity index (χ0v) is 16.2. The van der Waals surface area contributed by atoms with E-state index >= 15 is 0 Å². The summed E-state index contributed by atoms with van der Waals surface area (Å²) in [7, 11) is -2.14. The zero-order chi connectivity index (χ0) is 18.6. The lowest BCUT2D eigenvalue weighted by molar-refractivity contribution is 0.415. The fraction of sp³-hybridized carbons (Fsp3) is 0.118. The maximum atomic E-state index is 12.6. The van der Waals surface area contributed by atoms with Crippen LogP contribution in [0.5, 0.6) is 5.75 Å². The average molecular weight is 410 g/mol. The Morgan fingerprint density at radius 2 is 1.92 bits per heavy atom. The first-order valence-electron chi connectivity index (χ1n) is 7.57. The molecule has 0 saturated carbocycles. The second-order valence-corrected chi connectivity index (χ2v) is 8.67. The van der Waals surface area contributed by atoms with E-state index in [0.717, 1.165) is 4.88 Å². The van der Waals surface area contributed by atoms with Gasteiger partial charge in [0.15, 0.2) is 4.47 Å². The maximum Gasteiger partial charge on any atom is 0.261 e. The number of anilines is 2. The summed E-state index contributed by atoms with van der Waals surface area (Å²) < 4.78 is 33.3. The molecule has 136 valence electrons. The molecular weight excluding hydrogens is 394 g/mol. The number of nitrogens with one attached hydrogen (secondary N) is 2. The second kappa shape index (κ2) is 7.94. The molecule has 3 aromatic rings. The van der Waals surface area contributed by atoms with Crippen LogP contribution in [-0.2, 0) is 16.6 Å². The number of hydrogen-bond acceptors (Lipinski definition) is 6. The van der Waals surface area contributed by atoms with E-state index in [1.54, 1.807) is 61.8 Å². The van der Waals surface area contributed by atoms with E-state index < -0.39 is 10.0 Å². The van der Waals surface area contributed by atoms with Crippen LogP contribution in [-0.4, -0.2) is 20.5 Å². The quantitative estimate of drug-likeness (QED) is 0.610. The summed E-state index contributed by atoms with van der Waals surface area (Å²) in [4.78, 5) is 5.10.